The number of nitrogens with one attached hydrogen (secondary N) is 1. The Morgan fingerprint density at radius 2 is 1.89 bits per heavy atom. The van der Waals surface area contributed by atoms with Crippen molar-refractivity contribution in [1.29, 1.82) is 0 Å². The van der Waals surface area contributed by atoms with E-state index < -0.39 is 18.1 Å². The Hall–Kier alpha value is -0.260. The summed E-state index contributed by atoms with van der Waals surface area (Å²) in [6.07, 6.45) is -0.383. The summed E-state index contributed by atoms with van der Waals surface area (Å²) in [4.78, 5) is 11.6. The fourth-order valence-corrected chi connectivity index (χ4v) is 2.75. The number of alkyl halides is 4. The van der Waals surface area contributed by atoms with Crippen LogP contribution in [0.25, 0.3) is 0 Å². The molecule has 0 spiro atoms. The fraction of sp³-hybridized carbons (Fsp3) is 0.917. The molecule has 1 amide bonds. The highest BCUT2D eigenvalue weighted by molar-refractivity contribution is 9.09. The van der Waals surface area contributed by atoms with Gasteiger partial charge in [0.1, 0.15) is 0 Å². The van der Waals surface area contributed by atoms with Crippen LogP contribution in [0.5, 0.6) is 0 Å². The number of halogens is 4. The van der Waals surface area contributed by atoms with Gasteiger partial charge in [0.2, 0.25) is 5.91 Å². The molecule has 1 saturated carbocycles. The number of carbonyl (C=O) groups excluding carboxylic acids is 1. The number of unbranched alkanes of at least 4 members (excludes halogenated alkanes) is 1. The Balaban J connectivity index is 2.44. The summed E-state index contributed by atoms with van der Waals surface area (Å²) < 4.78 is 38.4. The van der Waals surface area contributed by atoms with Crippen molar-refractivity contribution in [2.75, 3.05) is 5.33 Å². The van der Waals surface area contributed by atoms with Crippen LogP contribution in [0.4, 0.5) is 13.2 Å². The van der Waals surface area contributed by atoms with Gasteiger partial charge in [-0.1, -0.05) is 28.8 Å². The maximum Gasteiger partial charge on any atom is 0.393 e. The van der Waals surface area contributed by atoms with E-state index in [0.717, 1.165) is 18.2 Å². The van der Waals surface area contributed by atoms with Gasteiger partial charge in [-0.2, -0.15) is 13.2 Å². The molecular formula is C12H19BrF3NO. The molecule has 0 heterocycles. The Morgan fingerprint density at radius 3 is 2.50 bits per heavy atom. The van der Waals surface area contributed by atoms with Gasteiger partial charge in [-0.15, -0.1) is 0 Å². The minimum absolute atomic E-state index is 0.135. The van der Waals surface area contributed by atoms with E-state index in [4.69, 9.17) is 0 Å². The summed E-state index contributed by atoms with van der Waals surface area (Å²) in [5, 5.41) is 3.37. The van der Waals surface area contributed by atoms with Gasteiger partial charge >= 0.3 is 6.18 Å². The lowest BCUT2D eigenvalue weighted by molar-refractivity contribution is -0.189. The Morgan fingerprint density at radius 1 is 1.22 bits per heavy atom. The summed E-state index contributed by atoms with van der Waals surface area (Å²) in [6, 6.07) is -0.727. The van der Waals surface area contributed by atoms with Gasteiger partial charge in [0.25, 0.3) is 0 Å². The van der Waals surface area contributed by atoms with E-state index in [-0.39, 0.29) is 12.3 Å². The zero-order valence-corrected chi connectivity index (χ0v) is 11.8. The molecule has 0 aromatic heterocycles. The van der Waals surface area contributed by atoms with E-state index in [0.29, 0.717) is 25.7 Å². The van der Waals surface area contributed by atoms with Crippen LogP contribution in [0, 0.1) is 5.92 Å². The van der Waals surface area contributed by atoms with Crippen molar-refractivity contribution < 1.29 is 18.0 Å². The topological polar surface area (TPSA) is 29.1 Å². The van der Waals surface area contributed by atoms with E-state index in [9.17, 15) is 18.0 Å². The third kappa shape index (κ3) is 5.16. The molecule has 2 unspecified atom stereocenters. The average molecular weight is 330 g/mol. The van der Waals surface area contributed by atoms with Crippen molar-refractivity contribution in [3.05, 3.63) is 0 Å². The highest BCUT2D eigenvalue weighted by Crippen LogP contribution is 2.37. The first-order valence-electron chi connectivity index (χ1n) is 6.37. The third-order valence-electron chi connectivity index (χ3n) is 3.32. The minimum atomic E-state index is -4.20. The van der Waals surface area contributed by atoms with Crippen molar-refractivity contribution in [3.63, 3.8) is 0 Å². The maximum atomic E-state index is 12.8. The third-order valence-corrected chi connectivity index (χ3v) is 3.88. The lowest BCUT2D eigenvalue weighted by Gasteiger charge is -2.33. The lowest BCUT2D eigenvalue weighted by atomic mass is 9.84. The molecule has 1 aliphatic rings. The van der Waals surface area contributed by atoms with Crippen LogP contribution in [-0.4, -0.2) is 23.5 Å². The number of rotatable bonds is 5. The molecule has 2 nitrogen and oxygen atoms in total. The fourth-order valence-electron chi connectivity index (χ4n) is 2.35. The quantitative estimate of drug-likeness (QED) is 0.603. The van der Waals surface area contributed by atoms with E-state index >= 15 is 0 Å². The minimum Gasteiger partial charge on any atom is -0.353 e. The van der Waals surface area contributed by atoms with Gasteiger partial charge in [0, 0.05) is 17.8 Å². The number of hydrogen-bond donors (Lipinski definition) is 1. The van der Waals surface area contributed by atoms with Crippen LogP contribution in [-0.2, 0) is 4.79 Å². The second-order valence-corrected chi connectivity index (χ2v) is 5.55. The predicted octanol–water partition coefficient (Wildman–Crippen LogP) is 3.79. The number of hydrogen-bond acceptors (Lipinski definition) is 1. The average Bonchev–Trinajstić information content (AvgIpc) is 2.28. The normalized spacial score (nSPS) is 24.9. The van der Waals surface area contributed by atoms with Crippen LogP contribution in [0.15, 0.2) is 0 Å². The molecular weight excluding hydrogens is 311 g/mol. The predicted molar refractivity (Wildman–Crippen MR) is 67.6 cm³/mol. The van der Waals surface area contributed by atoms with Crippen LogP contribution in [0.1, 0.15) is 44.9 Å². The highest BCUT2D eigenvalue weighted by Gasteiger charge is 2.45. The van der Waals surface area contributed by atoms with Crippen LogP contribution >= 0.6 is 15.9 Å². The molecule has 0 bridgehead atoms. The molecule has 0 aromatic rings. The molecule has 0 radical (unpaired) electrons. The SMILES string of the molecule is O=C(CCCCBr)NC1CCCCC1C(F)(F)F. The molecule has 1 N–H and O–H groups in total. The first-order valence-corrected chi connectivity index (χ1v) is 7.49. The van der Waals surface area contributed by atoms with Gasteiger partial charge in [-0.25, -0.2) is 0 Å². The second kappa shape index (κ2) is 7.36. The van der Waals surface area contributed by atoms with E-state index in [2.05, 4.69) is 21.2 Å². The molecule has 1 rings (SSSR count). The van der Waals surface area contributed by atoms with Crippen LogP contribution < -0.4 is 5.32 Å². The molecule has 6 heteroatoms. The van der Waals surface area contributed by atoms with Crippen LogP contribution in [0.3, 0.4) is 0 Å². The Bertz CT molecular complexity index is 271. The molecule has 0 saturated heterocycles. The first kappa shape index (κ1) is 15.8. The van der Waals surface area contributed by atoms with Crippen molar-refractivity contribution in [1.82, 2.24) is 5.32 Å². The Labute approximate surface area is 114 Å². The Kier molecular flexibility index (Phi) is 6.46. The maximum absolute atomic E-state index is 12.8. The van der Waals surface area contributed by atoms with Gasteiger partial charge in [0.05, 0.1) is 5.92 Å². The summed E-state index contributed by atoms with van der Waals surface area (Å²) in [5.74, 6) is -1.62. The molecule has 2 atom stereocenters. The summed E-state index contributed by atoms with van der Waals surface area (Å²) in [5.41, 5.74) is 0. The standard InChI is InChI=1S/C12H19BrF3NO/c13-8-4-3-7-11(18)17-10-6-2-1-5-9(10)12(14,15)16/h9-10H,1-8H2,(H,17,18). The van der Waals surface area contributed by atoms with E-state index in [1.807, 2.05) is 0 Å². The first-order chi connectivity index (χ1) is 8.45. The molecule has 0 aromatic carbocycles. The molecule has 1 aliphatic carbocycles. The zero-order chi connectivity index (χ0) is 13.6. The summed E-state index contributed by atoms with van der Waals surface area (Å²) >= 11 is 3.25. The summed E-state index contributed by atoms with van der Waals surface area (Å²) in [6.45, 7) is 0. The van der Waals surface area contributed by atoms with Crippen molar-refractivity contribution in [2.24, 2.45) is 5.92 Å². The van der Waals surface area contributed by atoms with Gasteiger partial charge in [-0.05, 0) is 25.7 Å². The van der Waals surface area contributed by atoms with Gasteiger partial charge < -0.3 is 5.32 Å². The molecule has 1 fully saturated rings. The smallest absolute Gasteiger partial charge is 0.353 e. The van der Waals surface area contributed by atoms with Crippen LogP contribution in [0.2, 0.25) is 0 Å². The largest absolute Gasteiger partial charge is 0.393 e. The molecule has 106 valence electrons. The van der Waals surface area contributed by atoms with Crippen molar-refractivity contribution >= 4 is 21.8 Å². The van der Waals surface area contributed by atoms with Crippen molar-refractivity contribution in [3.8, 4) is 0 Å². The molecule has 18 heavy (non-hydrogen) atoms. The van der Waals surface area contributed by atoms with E-state index in [1.54, 1.807) is 0 Å². The number of amides is 1. The second-order valence-electron chi connectivity index (χ2n) is 4.75. The van der Waals surface area contributed by atoms with E-state index in [1.165, 1.54) is 0 Å². The highest BCUT2D eigenvalue weighted by atomic mass is 79.9. The molecule has 0 aliphatic heterocycles. The number of carbonyl (C=O) groups is 1. The monoisotopic (exact) mass is 329 g/mol. The van der Waals surface area contributed by atoms with Gasteiger partial charge in [0.15, 0.2) is 0 Å². The lowest BCUT2D eigenvalue weighted by Crippen LogP contribution is -2.47. The zero-order valence-electron chi connectivity index (χ0n) is 10.2. The van der Waals surface area contributed by atoms with Gasteiger partial charge in [-0.3, -0.25) is 4.79 Å². The summed E-state index contributed by atoms with van der Waals surface area (Å²) in [7, 11) is 0. The van der Waals surface area contributed by atoms with Crippen molar-refractivity contribution in [2.45, 2.75) is 57.2 Å².